The van der Waals surface area contributed by atoms with Gasteiger partial charge < -0.3 is 4.74 Å². The van der Waals surface area contributed by atoms with E-state index in [1.165, 1.54) is 12.1 Å². The van der Waals surface area contributed by atoms with Gasteiger partial charge in [0.2, 0.25) is 0 Å². The van der Waals surface area contributed by atoms with E-state index >= 15 is 0 Å². The van der Waals surface area contributed by atoms with E-state index in [1.807, 2.05) is 0 Å². The van der Waals surface area contributed by atoms with Gasteiger partial charge in [0.05, 0.1) is 11.0 Å². The molecule has 2 rings (SSSR count). The number of Topliss-reactive ketones (excluding diaryl/α,β-unsaturated/α-hetero) is 1. The number of nitro groups is 1. The first-order chi connectivity index (χ1) is 8.56. The van der Waals surface area contributed by atoms with Gasteiger partial charge in [-0.1, -0.05) is 0 Å². The first-order valence-electron chi connectivity index (χ1n) is 5.68. The maximum Gasteiger partial charge on any atom is 0.272 e. The quantitative estimate of drug-likeness (QED) is 0.613. The van der Waals surface area contributed by atoms with Gasteiger partial charge in [-0.3, -0.25) is 14.9 Å². The van der Waals surface area contributed by atoms with E-state index in [9.17, 15) is 19.3 Å². The molecule has 1 fully saturated rings. The average Bonchev–Trinajstić information content (AvgIpc) is 2.31. The minimum absolute atomic E-state index is 0.0414. The van der Waals surface area contributed by atoms with Crippen LogP contribution in [0, 0.1) is 15.9 Å². The smallest absolute Gasteiger partial charge is 0.272 e. The summed E-state index contributed by atoms with van der Waals surface area (Å²) in [6, 6.07) is 3.23. The molecule has 0 spiro atoms. The minimum atomic E-state index is -0.776. The summed E-state index contributed by atoms with van der Waals surface area (Å²) < 4.78 is 18.9. The van der Waals surface area contributed by atoms with Crippen LogP contribution in [0.25, 0.3) is 0 Å². The Morgan fingerprint density at radius 1 is 1.44 bits per heavy atom. The molecule has 0 bridgehead atoms. The number of nitrogens with zero attached hydrogens (tertiary/aromatic N) is 1. The molecule has 1 saturated carbocycles. The number of ketones is 1. The van der Waals surface area contributed by atoms with Crippen molar-refractivity contribution < 1.29 is 18.8 Å². The number of hydrogen-bond acceptors (Lipinski definition) is 4. The number of carbonyl (C=O) groups excluding carboxylic acids is 1. The Labute approximate surface area is 103 Å². The SMILES string of the molecule is O=C1CCCC(Oc2ccc([N+](=O)[O-])cc2F)C1. The summed E-state index contributed by atoms with van der Waals surface area (Å²) in [7, 11) is 0. The molecule has 1 unspecified atom stereocenters. The molecule has 0 saturated heterocycles. The normalized spacial score (nSPS) is 19.6. The van der Waals surface area contributed by atoms with Gasteiger partial charge >= 0.3 is 0 Å². The number of halogens is 1. The number of non-ortho nitro benzene ring substituents is 1. The number of benzene rings is 1. The van der Waals surface area contributed by atoms with Crippen LogP contribution in [0.5, 0.6) is 5.75 Å². The predicted octanol–water partition coefficient (Wildman–Crippen LogP) is 2.62. The van der Waals surface area contributed by atoms with Crippen LogP contribution in [0.4, 0.5) is 10.1 Å². The highest BCUT2D eigenvalue weighted by molar-refractivity contribution is 5.79. The molecule has 6 heteroatoms. The van der Waals surface area contributed by atoms with Crippen LogP contribution in [0.2, 0.25) is 0 Å². The lowest BCUT2D eigenvalue weighted by molar-refractivity contribution is -0.385. The van der Waals surface area contributed by atoms with Crippen molar-refractivity contribution in [1.82, 2.24) is 0 Å². The lowest BCUT2D eigenvalue weighted by Gasteiger charge is -2.22. The zero-order valence-electron chi connectivity index (χ0n) is 9.60. The Morgan fingerprint density at radius 2 is 2.22 bits per heavy atom. The second-order valence-corrected chi connectivity index (χ2v) is 4.25. The van der Waals surface area contributed by atoms with Crippen molar-refractivity contribution in [3.05, 3.63) is 34.1 Å². The molecule has 1 aliphatic rings. The third-order valence-corrected chi connectivity index (χ3v) is 2.86. The fourth-order valence-electron chi connectivity index (χ4n) is 1.96. The Morgan fingerprint density at radius 3 is 2.83 bits per heavy atom. The fraction of sp³-hybridized carbons (Fsp3) is 0.417. The largest absolute Gasteiger partial charge is 0.487 e. The molecular weight excluding hydrogens is 241 g/mol. The van der Waals surface area contributed by atoms with Crippen molar-refractivity contribution in [3.8, 4) is 5.75 Å². The molecule has 0 aliphatic heterocycles. The molecule has 1 aromatic carbocycles. The zero-order valence-corrected chi connectivity index (χ0v) is 9.60. The van der Waals surface area contributed by atoms with Gasteiger partial charge in [0.15, 0.2) is 11.6 Å². The minimum Gasteiger partial charge on any atom is -0.487 e. The van der Waals surface area contributed by atoms with Gasteiger partial charge in [-0.25, -0.2) is 4.39 Å². The van der Waals surface area contributed by atoms with Crippen molar-refractivity contribution in [2.75, 3.05) is 0 Å². The second kappa shape index (κ2) is 5.12. The third-order valence-electron chi connectivity index (χ3n) is 2.86. The highest BCUT2D eigenvalue weighted by Crippen LogP contribution is 2.26. The average molecular weight is 253 g/mol. The third kappa shape index (κ3) is 2.82. The van der Waals surface area contributed by atoms with Crippen LogP contribution in [0.15, 0.2) is 18.2 Å². The lowest BCUT2D eigenvalue weighted by Crippen LogP contribution is -2.25. The van der Waals surface area contributed by atoms with E-state index in [4.69, 9.17) is 4.74 Å². The molecule has 0 heterocycles. The summed E-state index contributed by atoms with van der Waals surface area (Å²) in [4.78, 5) is 21.0. The number of rotatable bonds is 3. The summed E-state index contributed by atoms with van der Waals surface area (Å²) in [6.07, 6.45) is 1.92. The molecule has 0 radical (unpaired) electrons. The highest BCUT2D eigenvalue weighted by Gasteiger charge is 2.22. The summed E-state index contributed by atoms with van der Waals surface area (Å²) in [5, 5.41) is 10.5. The van der Waals surface area contributed by atoms with E-state index in [2.05, 4.69) is 0 Å². The first kappa shape index (κ1) is 12.5. The Bertz CT molecular complexity index is 489. The van der Waals surface area contributed by atoms with Gasteiger partial charge in [-0.2, -0.15) is 0 Å². The molecule has 0 N–H and O–H groups in total. The van der Waals surface area contributed by atoms with Crippen molar-refractivity contribution in [1.29, 1.82) is 0 Å². The van der Waals surface area contributed by atoms with E-state index in [-0.39, 0.29) is 29.7 Å². The fourth-order valence-corrected chi connectivity index (χ4v) is 1.96. The van der Waals surface area contributed by atoms with E-state index in [0.717, 1.165) is 12.5 Å². The van der Waals surface area contributed by atoms with Crippen LogP contribution in [0.1, 0.15) is 25.7 Å². The maximum absolute atomic E-state index is 13.5. The number of carbonyl (C=O) groups is 1. The van der Waals surface area contributed by atoms with E-state index in [1.54, 1.807) is 0 Å². The van der Waals surface area contributed by atoms with Crippen LogP contribution in [-0.2, 0) is 4.79 Å². The van der Waals surface area contributed by atoms with Crippen molar-refractivity contribution in [3.63, 3.8) is 0 Å². The van der Waals surface area contributed by atoms with Crippen molar-refractivity contribution >= 4 is 11.5 Å². The maximum atomic E-state index is 13.5. The van der Waals surface area contributed by atoms with Crippen molar-refractivity contribution in [2.24, 2.45) is 0 Å². The van der Waals surface area contributed by atoms with Gasteiger partial charge in [-0.15, -0.1) is 0 Å². The molecule has 0 aromatic heterocycles. The standard InChI is InChI=1S/C12H12FNO4/c13-11-6-8(14(16)17)4-5-12(11)18-10-3-1-2-9(15)7-10/h4-6,10H,1-3,7H2. The van der Waals surface area contributed by atoms with Gasteiger partial charge in [0.1, 0.15) is 11.9 Å². The summed E-state index contributed by atoms with van der Waals surface area (Å²) in [5.41, 5.74) is -0.320. The molecule has 96 valence electrons. The van der Waals surface area contributed by atoms with E-state index < -0.39 is 10.7 Å². The molecule has 1 atom stereocenters. The van der Waals surface area contributed by atoms with Crippen LogP contribution < -0.4 is 4.74 Å². The number of ether oxygens (including phenoxy) is 1. The highest BCUT2D eigenvalue weighted by atomic mass is 19.1. The van der Waals surface area contributed by atoms with E-state index in [0.29, 0.717) is 12.8 Å². The summed E-state index contributed by atoms with van der Waals surface area (Å²) in [6.45, 7) is 0. The summed E-state index contributed by atoms with van der Waals surface area (Å²) in [5.74, 6) is -0.712. The lowest BCUT2D eigenvalue weighted by atomic mass is 9.96. The molecule has 5 nitrogen and oxygen atoms in total. The molecular formula is C12H12FNO4. The Kier molecular flexibility index (Phi) is 3.55. The van der Waals surface area contributed by atoms with Crippen LogP contribution >= 0.6 is 0 Å². The van der Waals surface area contributed by atoms with Gasteiger partial charge in [0.25, 0.3) is 5.69 Å². The predicted molar refractivity (Wildman–Crippen MR) is 60.9 cm³/mol. The monoisotopic (exact) mass is 253 g/mol. The number of hydrogen-bond donors (Lipinski definition) is 0. The Balaban J connectivity index is 2.09. The molecule has 0 amide bonds. The Hall–Kier alpha value is -1.98. The van der Waals surface area contributed by atoms with Crippen molar-refractivity contribution in [2.45, 2.75) is 31.8 Å². The molecule has 1 aromatic rings. The second-order valence-electron chi connectivity index (χ2n) is 4.25. The van der Waals surface area contributed by atoms with Crippen LogP contribution in [0.3, 0.4) is 0 Å². The van der Waals surface area contributed by atoms with Gasteiger partial charge in [0, 0.05) is 18.9 Å². The first-order valence-corrected chi connectivity index (χ1v) is 5.68. The topological polar surface area (TPSA) is 69.4 Å². The summed E-state index contributed by atoms with van der Waals surface area (Å²) >= 11 is 0. The molecule has 18 heavy (non-hydrogen) atoms. The van der Waals surface area contributed by atoms with Crippen LogP contribution in [-0.4, -0.2) is 16.8 Å². The van der Waals surface area contributed by atoms with Gasteiger partial charge in [-0.05, 0) is 18.9 Å². The zero-order chi connectivity index (χ0) is 13.1. The molecule has 1 aliphatic carbocycles. The number of nitro benzene ring substituents is 1.